The van der Waals surface area contributed by atoms with Gasteiger partial charge in [0.05, 0.1) is 0 Å². The number of hydrogen-bond acceptors (Lipinski definition) is 1. The number of amides is 1. The molecule has 0 aromatic carbocycles. The van der Waals surface area contributed by atoms with Crippen LogP contribution >= 0.6 is 0 Å². The Bertz CT molecular complexity index is 66.1. The second-order valence-electron chi connectivity index (χ2n) is 1.45. The van der Waals surface area contributed by atoms with E-state index in [1.165, 1.54) is 0 Å². The summed E-state index contributed by atoms with van der Waals surface area (Å²) in [7, 11) is 0. The molecular formula is C4H7NOTi. The maximum atomic E-state index is 10.1. The zero-order valence-electron chi connectivity index (χ0n) is 4.03. The average Bonchev–Trinajstić information content (AvgIpc) is 1.86. The molecule has 0 bridgehead atoms. The van der Waals surface area contributed by atoms with Gasteiger partial charge in [0.2, 0.25) is 5.91 Å². The van der Waals surface area contributed by atoms with Crippen molar-refractivity contribution < 1.29 is 26.5 Å². The first kappa shape index (κ1) is 7.18. The maximum absolute atomic E-state index is 10.1. The molecule has 0 spiro atoms. The Kier molecular flexibility index (Phi) is 3.31. The van der Waals surface area contributed by atoms with Gasteiger partial charge in [-0.2, -0.15) is 0 Å². The van der Waals surface area contributed by atoms with Gasteiger partial charge in [0.25, 0.3) is 0 Å². The summed E-state index contributed by atoms with van der Waals surface area (Å²) >= 11 is 0. The van der Waals surface area contributed by atoms with E-state index in [0.29, 0.717) is 0 Å². The normalized spacial score (nSPS) is 18.0. The van der Waals surface area contributed by atoms with Gasteiger partial charge in [0.15, 0.2) is 0 Å². The Hall–Kier alpha value is 0.184. The summed E-state index contributed by atoms with van der Waals surface area (Å²) in [4.78, 5) is 10.1. The Labute approximate surface area is 57.5 Å². The monoisotopic (exact) mass is 133 g/mol. The molecule has 2 nitrogen and oxygen atoms in total. The van der Waals surface area contributed by atoms with E-state index in [9.17, 15) is 4.79 Å². The Morgan fingerprint density at radius 1 is 1.57 bits per heavy atom. The molecule has 3 heteroatoms. The first-order chi connectivity index (χ1) is 2.89. The van der Waals surface area contributed by atoms with Crippen LogP contribution in [0.1, 0.15) is 12.8 Å². The van der Waals surface area contributed by atoms with Crippen LogP contribution in [0.5, 0.6) is 0 Å². The molecule has 7 heavy (non-hydrogen) atoms. The molecule has 38 valence electrons. The predicted octanol–water partition coefficient (Wildman–Crippen LogP) is -0.106. The molecule has 0 atom stereocenters. The summed E-state index contributed by atoms with van der Waals surface area (Å²) in [6, 6.07) is 0. The van der Waals surface area contributed by atoms with E-state index >= 15 is 0 Å². The van der Waals surface area contributed by atoms with Crippen molar-refractivity contribution in [1.82, 2.24) is 5.32 Å². The van der Waals surface area contributed by atoms with Gasteiger partial charge in [-0.3, -0.25) is 4.79 Å². The van der Waals surface area contributed by atoms with Crippen molar-refractivity contribution in [2.75, 3.05) is 6.54 Å². The van der Waals surface area contributed by atoms with E-state index in [2.05, 4.69) is 5.32 Å². The number of rotatable bonds is 0. The fraction of sp³-hybridized carbons (Fsp3) is 0.750. The van der Waals surface area contributed by atoms with Crippen LogP contribution in [-0.4, -0.2) is 12.5 Å². The molecule has 0 unspecified atom stereocenters. The minimum atomic E-state index is 0. The van der Waals surface area contributed by atoms with Gasteiger partial charge in [0.1, 0.15) is 0 Å². The van der Waals surface area contributed by atoms with Gasteiger partial charge in [-0.25, -0.2) is 0 Å². The summed E-state index contributed by atoms with van der Waals surface area (Å²) < 4.78 is 0. The van der Waals surface area contributed by atoms with Crippen LogP contribution in [-0.2, 0) is 26.5 Å². The molecule has 0 aromatic rings. The number of carbonyl (C=O) groups is 1. The third-order valence-corrected chi connectivity index (χ3v) is 0.903. The molecule has 0 saturated carbocycles. The molecule has 1 rings (SSSR count). The van der Waals surface area contributed by atoms with Crippen molar-refractivity contribution in [3.8, 4) is 0 Å². The fourth-order valence-electron chi connectivity index (χ4n) is 0.565. The van der Waals surface area contributed by atoms with Gasteiger partial charge in [-0.15, -0.1) is 0 Å². The zero-order valence-corrected chi connectivity index (χ0v) is 5.59. The molecule has 1 saturated heterocycles. The zero-order chi connectivity index (χ0) is 4.41. The van der Waals surface area contributed by atoms with Gasteiger partial charge >= 0.3 is 0 Å². The predicted molar refractivity (Wildman–Crippen MR) is 22.2 cm³/mol. The molecule has 1 aliphatic heterocycles. The van der Waals surface area contributed by atoms with Crippen molar-refractivity contribution in [3.63, 3.8) is 0 Å². The maximum Gasteiger partial charge on any atom is 0.220 e. The van der Waals surface area contributed by atoms with Gasteiger partial charge in [0, 0.05) is 34.7 Å². The van der Waals surface area contributed by atoms with Crippen molar-refractivity contribution in [3.05, 3.63) is 0 Å². The minimum Gasteiger partial charge on any atom is -0.356 e. The molecule has 1 aliphatic rings. The Morgan fingerprint density at radius 3 is 2.43 bits per heavy atom. The van der Waals surface area contributed by atoms with Crippen LogP contribution < -0.4 is 5.32 Å². The number of carbonyl (C=O) groups excluding carboxylic acids is 1. The van der Waals surface area contributed by atoms with Crippen molar-refractivity contribution in [2.24, 2.45) is 0 Å². The molecule has 0 radical (unpaired) electrons. The van der Waals surface area contributed by atoms with Crippen molar-refractivity contribution >= 4 is 5.91 Å². The molecular weight excluding hydrogens is 126 g/mol. The Morgan fingerprint density at radius 2 is 2.29 bits per heavy atom. The van der Waals surface area contributed by atoms with Crippen LogP contribution in [0.2, 0.25) is 0 Å². The van der Waals surface area contributed by atoms with E-state index in [0.717, 1.165) is 19.4 Å². The summed E-state index contributed by atoms with van der Waals surface area (Å²) in [6.07, 6.45) is 1.76. The van der Waals surface area contributed by atoms with Crippen LogP contribution in [0.25, 0.3) is 0 Å². The summed E-state index contributed by atoms with van der Waals surface area (Å²) in [5.74, 6) is 0.204. The van der Waals surface area contributed by atoms with Gasteiger partial charge in [-0.1, -0.05) is 0 Å². The summed E-state index contributed by atoms with van der Waals surface area (Å²) in [5, 5.41) is 2.68. The second-order valence-corrected chi connectivity index (χ2v) is 1.45. The minimum absolute atomic E-state index is 0. The van der Waals surface area contributed by atoms with Crippen molar-refractivity contribution in [1.29, 1.82) is 0 Å². The topological polar surface area (TPSA) is 29.1 Å². The van der Waals surface area contributed by atoms with E-state index in [1.807, 2.05) is 0 Å². The average molecular weight is 133 g/mol. The fourth-order valence-corrected chi connectivity index (χ4v) is 0.565. The largest absolute Gasteiger partial charge is 0.356 e. The molecule has 1 fully saturated rings. The van der Waals surface area contributed by atoms with E-state index in [1.54, 1.807) is 0 Å². The Balaban J connectivity index is 0.000000360. The van der Waals surface area contributed by atoms with Crippen LogP contribution in [0, 0.1) is 0 Å². The molecule has 0 aromatic heterocycles. The summed E-state index contributed by atoms with van der Waals surface area (Å²) in [6.45, 7) is 0.888. The van der Waals surface area contributed by atoms with E-state index in [-0.39, 0.29) is 27.6 Å². The third kappa shape index (κ3) is 2.10. The molecule has 1 heterocycles. The van der Waals surface area contributed by atoms with Crippen LogP contribution in [0.3, 0.4) is 0 Å². The SMILES string of the molecule is O=C1CCCN1.[Ti]. The first-order valence-corrected chi connectivity index (χ1v) is 2.16. The van der Waals surface area contributed by atoms with E-state index < -0.39 is 0 Å². The smallest absolute Gasteiger partial charge is 0.220 e. The van der Waals surface area contributed by atoms with Crippen LogP contribution in [0.4, 0.5) is 0 Å². The molecule has 0 aliphatic carbocycles. The second kappa shape index (κ2) is 3.22. The van der Waals surface area contributed by atoms with Crippen LogP contribution in [0.15, 0.2) is 0 Å². The first-order valence-electron chi connectivity index (χ1n) is 2.16. The van der Waals surface area contributed by atoms with E-state index in [4.69, 9.17) is 0 Å². The standard InChI is InChI=1S/C4H7NO.Ti/c6-4-2-1-3-5-4;/h1-3H2,(H,5,6);. The molecule has 1 amide bonds. The number of nitrogens with one attached hydrogen (secondary N) is 1. The summed E-state index contributed by atoms with van der Waals surface area (Å²) in [5.41, 5.74) is 0. The van der Waals surface area contributed by atoms with Gasteiger partial charge in [-0.05, 0) is 6.42 Å². The molecule has 1 N–H and O–H groups in total. The third-order valence-electron chi connectivity index (χ3n) is 0.903. The van der Waals surface area contributed by atoms with Gasteiger partial charge < -0.3 is 5.32 Å². The quantitative estimate of drug-likeness (QED) is 0.459. The van der Waals surface area contributed by atoms with Crippen molar-refractivity contribution in [2.45, 2.75) is 12.8 Å². The number of hydrogen-bond donors (Lipinski definition) is 1.